The maximum absolute atomic E-state index is 5.94. The van der Waals surface area contributed by atoms with Crippen molar-refractivity contribution in [2.24, 2.45) is 16.7 Å². The lowest BCUT2D eigenvalue weighted by molar-refractivity contribution is -0.118. The summed E-state index contributed by atoms with van der Waals surface area (Å²) in [6.45, 7) is 11.5. The van der Waals surface area contributed by atoms with E-state index in [1.54, 1.807) is 0 Å². The van der Waals surface area contributed by atoms with Gasteiger partial charge < -0.3 is 14.8 Å². The summed E-state index contributed by atoms with van der Waals surface area (Å²) in [4.78, 5) is 0. The summed E-state index contributed by atoms with van der Waals surface area (Å²) in [6, 6.07) is 4.36. The fourth-order valence-corrected chi connectivity index (χ4v) is 7.87. The van der Waals surface area contributed by atoms with Gasteiger partial charge in [-0.05, 0) is 102 Å². The van der Waals surface area contributed by atoms with Crippen LogP contribution in [0.15, 0.2) is 16.6 Å². The molecule has 156 valence electrons. The Balaban J connectivity index is 1.52. The lowest BCUT2D eigenvalue weighted by atomic mass is 9.43. The van der Waals surface area contributed by atoms with Gasteiger partial charge in [0.05, 0.1) is 17.7 Å². The first kappa shape index (κ1) is 20.5. The van der Waals surface area contributed by atoms with Gasteiger partial charge in [-0.25, -0.2) is 0 Å². The summed E-state index contributed by atoms with van der Waals surface area (Å²) in [5, 5.41) is 4.04. The van der Waals surface area contributed by atoms with E-state index in [0.717, 1.165) is 34.9 Å². The molecule has 4 saturated carbocycles. The Hall–Kier alpha value is -0.740. The van der Waals surface area contributed by atoms with Crippen LogP contribution in [0.25, 0.3) is 0 Å². The summed E-state index contributed by atoms with van der Waals surface area (Å²) < 4.78 is 12.8. The third kappa shape index (κ3) is 3.96. The molecule has 2 unspecified atom stereocenters. The van der Waals surface area contributed by atoms with E-state index in [1.165, 1.54) is 44.1 Å². The zero-order chi connectivity index (χ0) is 20.0. The van der Waals surface area contributed by atoms with E-state index >= 15 is 0 Å². The second kappa shape index (κ2) is 7.50. The highest BCUT2D eigenvalue weighted by Crippen LogP contribution is 2.66. The molecule has 1 aromatic carbocycles. The number of rotatable bonds is 8. The van der Waals surface area contributed by atoms with Crippen molar-refractivity contribution in [2.75, 3.05) is 13.2 Å². The molecule has 0 amide bonds. The van der Waals surface area contributed by atoms with Crippen LogP contribution in [0.3, 0.4) is 0 Å². The van der Waals surface area contributed by atoms with E-state index in [-0.39, 0.29) is 0 Å². The van der Waals surface area contributed by atoms with Crippen LogP contribution in [-0.4, -0.2) is 18.8 Å². The van der Waals surface area contributed by atoms with E-state index in [1.807, 2.05) is 6.92 Å². The van der Waals surface area contributed by atoms with Gasteiger partial charge in [-0.1, -0.05) is 20.8 Å². The van der Waals surface area contributed by atoms with Gasteiger partial charge in [0.15, 0.2) is 11.5 Å². The highest BCUT2D eigenvalue weighted by Gasteiger charge is 2.59. The van der Waals surface area contributed by atoms with Crippen LogP contribution in [-0.2, 0) is 6.54 Å². The maximum atomic E-state index is 5.94. The number of hydrogen-bond donors (Lipinski definition) is 1. The van der Waals surface area contributed by atoms with E-state index in [9.17, 15) is 0 Å². The van der Waals surface area contributed by atoms with Crippen LogP contribution < -0.4 is 14.8 Å². The van der Waals surface area contributed by atoms with Gasteiger partial charge in [-0.3, -0.25) is 0 Å². The monoisotopic (exact) mass is 449 g/mol. The van der Waals surface area contributed by atoms with Gasteiger partial charge >= 0.3 is 0 Å². The summed E-state index contributed by atoms with van der Waals surface area (Å²) in [5.74, 6) is 2.60. The van der Waals surface area contributed by atoms with Crippen molar-refractivity contribution < 1.29 is 9.47 Å². The van der Waals surface area contributed by atoms with Gasteiger partial charge in [0.2, 0.25) is 0 Å². The lowest BCUT2D eigenvalue weighted by Crippen LogP contribution is -2.63. The summed E-state index contributed by atoms with van der Waals surface area (Å²) in [6.07, 6.45) is 9.32. The van der Waals surface area contributed by atoms with Crippen LogP contribution in [0.4, 0.5) is 0 Å². The molecule has 0 heterocycles. The number of benzene rings is 1. The molecule has 0 aromatic heterocycles. The Morgan fingerprint density at radius 3 is 2.36 bits per heavy atom. The smallest absolute Gasteiger partial charge is 0.175 e. The summed E-state index contributed by atoms with van der Waals surface area (Å²) in [5.41, 5.74) is 2.66. The molecule has 2 atom stereocenters. The summed E-state index contributed by atoms with van der Waals surface area (Å²) >= 11 is 3.72. The van der Waals surface area contributed by atoms with Gasteiger partial charge in [-0.2, -0.15) is 0 Å². The van der Waals surface area contributed by atoms with Crippen molar-refractivity contribution in [1.82, 2.24) is 5.32 Å². The van der Waals surface area contributed by atoms with E-state index in [2.05, 4.69) is 54.2 Å². The Morgan fingerprint density at radius 2 is 1.75 bits per heavy atom. The fraction of sp³-hybridized carbons (Fsp3) is 0.750. The normalized spacial score (nSPS) is 36.0. The first-order valence-electron chi connectivity index (χ1n) is 11.1. The van der Waals surface area contributed by atoms with Crippen molar-refractivity contribution in [2.45, 2.75) is 84.7 Å². The van der Waals surface area contributed by atoms with Gasteiger partial charge in [0.1, 0.15) is 0 Å². The van der Waals surface area contributed by atoms with Gasteiger partial charge in [-0.15, -0.1) is 0 Å². The highest BCUT2D eigenvalue weighted by atomic mass is 79.9. The van der Waals surface area contributed by atoms with Crippen LogP contribution >= 0.6 is 15.9 Å². The standard InChI is InChI=1S/C24H36BrNO2/c1-5-7-28-21-19(25)8-17(9-20(21)27-6-2)13-26-24-12-18-10-22(3,15-24)14-23(4,11-18)16-24/h8-9,18,26H,5-7,10-16H2,1-4H3. The quantitative estimate of drug-likeness (QED) is 0.492. The van der Waals surface area contributed by atoms with Crippen molar-refractivity contribution in [3.05, 3.63) is 22.2 Å². The van der Waals surface area contributed by atoms with Crippen molar-refractivity contribution in [3.8, 4) is 11.5 Å². The molecule has 3 nitrogen and oxygen atoms in total. The van der Waals surface area contributed by atoms with E-state index in [0.29, 0.717) is 29.6 Å². The molecule has 1 N–H and O–H groups in total. The van der Waals surface area contributed by atoms with E-state index < -0.39 is 0 Å². The predicted octanol–water partition coefficient (Wildman–Crippen LogP) is 6.48. The van der Waals surface area contributed by atoms with Gasteiger partial charge in [0.25, 0.3) is 0 Å². The minimum atomic E-state index is 0.318. The first-order valence-corrected chi connectivity index (χ1v) is 11.9. The first-order chi connectivity index (χ1) is 13.3. The van der Waals surface area contributed by atoms with Gasteiger partial charge in [0, 0.05) is 12.1 Å². The molecule has 1 aromatic rings. The van der Waals surface area contributed by atoms with Crippen LogP contribution in [0.5, 0.6) is 11.5 Å². The second-order valence-corrected chi connectivity index (χ2v) is 11.3. The van der Waals surface area contributed by atoms with E-state index in [4.69, 9.17) is 9.47 Å². The van der Waals surface area contributed by atoms with Crippen molar-refractivity contribution >= 4 is 15.9 Å². The average molecular weight is 450 g/mol. The number of hydrogen-bond acceptors (Lipinski definition) is 3. The molecule has 4 fully saturated rings. The Labute approximate surface area is 179 Å². The van der Waals surface area contributed by atoms with Crippen molar-refractivity contribution in [1.29, 1.82) is 0 Å². The minimum Gasteiger partial charge on any atom is -0.490 e. The molecular formula is C24H36BrNO2. The average Bonchev–Trinajstić information content (AvgIpc) is 2.56. The molecule has 28 heavy (non-hydrogen) atoms. The molecule has 4 aliphatic rings. The Morgan fingerprint density at radius 1 is 1.04 bits per heavy atom. The Bertz CT molecular complexity index is 716. The SMILES string of the molecule is CCCOc1c(Br)cc(CNC23CC4CC(C)(CC(C)(C4)C2)C3)cc1OCC. The summed E-state index contributed by atoms with van der Waals surface area (Å²) in [7, 11) is 0. The molecule has 4 bridgehead atoms. The van der Waals surface area contributed by atoms with Crippen LogP contribution in [0, 0.1) is 16.7 Å². The molecule has 4 aliphatic carbocycles. The highest BCUT2D eigenvalue weighted by molar-refractivity contribution is 9.10. The maximum Gasteiger partial charge on any atom is 0.175 e. The molecule has 0 radical (unpaired) electrons. The number of ether oxygens (including phenoxy) is 2. The van der Waals surface area contributed by atoms with Crippen LogP contribution in [0.2, 0.25) is 0 Å². The predicted molar refractivity (Wildman–Crippen MR) is 118 cm³/mol. The topological polar surface area (TPSA) is 30.5 Å². The molecule has 5 rings (SSSR count). The molecule has 4 heteroatoms. The molecule has 0 aliphatic heterocycles. The molecular weight excluding hydrogens is 414 g/mol. The van der Waals surface area contributed by atoms with Crippen LogP contribution in [0.1, 0.15) is 78.2 Å². The fourth-order valence-electron chi connectivity index (χ4n) is 7.26. The number of nitrogens with one attached hydrogen (secondary N) is 1. The lowest BCUT2D eigenvalue weighted by Gasteiger charge is -2.65. The Kier molecular flexibility index (Phi) is 5.50. The largest absolute Gasteiger partial charge is 0.490 e. The molecule has 0 spiro atoms. The van der Waals surface area contributed by atoms with Crippen molar-refractivity contribution in [3.63, 3.8) is 0 Å². The zero-order valence-electron chi connectivity index (χ0n) is 18.0. The third-order valence-electron chi connectivity index (χ3n) is 7.11. The molecule has 0 saturated heterocycles. The zero-order valence-corrected chi connectivity index (χ0v) is 19.6. The second-order valence-electron chi connectivity index (χ2n) is 10.5. The number of halogens is 1. The third-order valence-corrected chi connectivity index (χ3v) is 7.70. The minimum absolute atomic E-state index is 0.318.